The first-order chi connectivity index (χ1) is 13.3. The normalized spacial score (nSPS) is 16.0. The highest BCUT2D eigenvalue weighted by molar-refractivity contribution is 6.30. The third-order valence-corrected chi connectivity index (χ3v) is 5.46. The average molecular weight is 405 g/mol. The Kier molecular flexibility index (Phi) is 6.31. The highest BCUT2D eigenvalue weighted by Gasteiger charge is 2.33. The van der Waals surface area contributed by atoms with E-state index in [9.17, 15) is 19.1 Å². The highest BCUT2D eigenvalue weighted by atomic mass is 35.5. The van der Waals surface area contributed by atoms with E-state index in [2.05, 4.69) is 4.90 Å². The van der Waals surface area contributed by atoms with Gasteiger partial charge in [0.25, 0.3) is 0 Å². The summed E-state index contributed by atoms with van der Waals surface area (Å²) < 4.78 is 13.1. The van der Waals surface area contributed by atoms with Gasteiger partial charge < -0.3 is 19.7 Å². The van der Waals surface area contributed by atoms with Crippen molar-refractivity contribution in [3.05, 3.63) is 64.4 Å². The molecule has 5 nitrogen and oxygen atoms in total. The Morgan fingerprint density at radius 2 is 1.82 bits per heavy atom. The molecule has 7 heteroatoms. The monoisotopic (exact) mass is 404 g/mol. The van der Waals surface area contributed by atoms with Crippen LogP contribution in [0.5, 0.6) is 0 Å². The smallest absolute Gasteiger partial charge is 0.220 e. The van der Waals surface area contributed by atoms with Crippen molar-refractivity contribution >= 4 is 29.0 Å². The van der Waals surface area contributed by atoms with Gasteiger partial charge in [-0.1, -0.05) is 17.7 Å². The van der Waals surface area contributed by atoms with Crippen LogP contribution in [0.15, 0.2) is 42.5 Å². The van der Waals surface area contributed by atoms with Gasteiger partial charge in [0.05, 0.1) is 26.2 Å². The van der Waals surface area contributed by atoms with Crippen molar-refractivity contribution in [1.82, 2.24) is 0 Å². The summed E-state index contributed by atoms with van der Waals surface area (Å²) in [5, 5.41) is 11.9. The van der Waals surface area contributed by atoms with Gasteiger partial charge in [-0.05, 0) is 48.9 Å². The van der Waals surface area contributed by atoms with Crippen LogP contribution in [0.1, 0.15) is 22.3 Å². The Labute approximate surface area is 168 Å². The molecule has 1 aliphatic heterocycles. The van der Waals surface area contributed by atoms with Crippen LogP contribution in [0.25, 0.3) is 0 Å². The lowest BCUT2D eigenvalue weighted by atomic mass is 9.99. The molecule has 0 spiro atoms. The third kappa shape index (κ3) is 4.69. The first-order valence-corrected chi connectivity index (χ1v) is 9.58. The van der Waals surface area contributed by atoms with Crippen LogP contribution < -0.4 is 14.9 Å². The average Bonchev–Trinajstić information content (AvgIpc) is 2.68. The summed E-state index contributed by atoms with van der Waals surface area (Å²) in [4.78, 5) is 27.2. The molecular weight excluding hydrogens is 383 g/mol. The number of hydrogen-bond donors (Lipinski definition) is 1. The maximum Gasteiger partial charge on any atom is 0.220 e. The largest absolute Gasteiger partial charge is 0.550 e. The molecular formula is C21H22ClFN2O3. The number of benzene rings is 2. The molecule has 3 rings (SSSR count). The predicted molar refractivity (Wildman–Crippen MR) is 103 cm³/mol. The van der Waals surface area contributed by atoms with Crippen LogP contribution in [-0.2, 0) is 4.79 Å². The van der Waals surface area contributed by atoms with Crippen LogP contribution in [-0.4, -0.2) is 44.0 Å². The molecule has 1 saturated heterocycles. The van der Waals surface area contributed by atoms with E-state index < -0.39 is 17.8 Å². The number of rotatable bonds is 6. The lowest BCUT2D eigenvalue weighted by Crippen LogP contribution is -3.19. The molecule has 1 fully saturated rings. The molecule has 148 valence electrons. The van der Waals surface area contributed by atoms with Crippen LogP contribution in [0.2, 0.25) is 5.02 Å². The minimum atomic E-state index is -1.26. The fraction of sp³-hybridized carbons (Fsp3) is 0.333. The van der Waals surface area contributed by atoms with Crippen molar-refractivity contribution in [1.29, 1.82) is 0 Å². The zero-order valence-electron chi connectivity index (χ0n) is 15.6. The standard InChI is InChI=1S/C21H22ClFN2O3/c1-14-2-5-16(22)12-18(14)24-8-10-25(11-9-24)19(13-20(26)27)21(28)15-3-6-17(23)7-4-15/h2-7,12,19H,8-11,13H2,1H3,(H,26,27)/t19-/m0/s1. The Hall–Kier alpha value is -2.44. The van der Waals surface area contributed by atoms with Gasteiger partial charge in [-0.15, -0.1) is 0 Å². The topological polar surface area (TPSA) is 64.9 Å². The van der Waals surface area contributed by atoms with Gasteiger partial charge in [0.2, 0.25) is 5.78 Å². The lowest BCUT2D eigenvalue weighted by molar-refractivity contribution is -0.915. The Morgan fingerprint density at radius 1 is 1.18 bits per heavy atom. The molecule has 0 bridgehead atoms. The molecule has 0 radical (unpaired) electrons. The number of carboxylic acids is 1. The number of quaternary nitrogens is 1. The zero-order valence-corrected chi connectivity index (χ0v) is 16.3. The number of nitrogens with one attached hydrogen (secondary N) is 1. The number of aryl methyl sites for hydroxylation is 1. The van der Waals surface area contributed by atoms with Crippen molar-refractivity contribution in [3.8, 4) is 0 Å². The van der Waals surface area contributed by atoms with Crippen molar-refractivity contribution in [3.63, 3.8) is 0 Å². The second kappa shape index (κ2) is 8.71. The second-order valence-corrected chi connectivity index (χ2v) is 7.51. The molecule has 1 heterocycles. The minimum Gasteiger partial charge on any atom is -0.550 e. The number of carbonyl (C=O) groups excluding carboxylic acids is 2. The van der Waals surface area contributed by atoms with Crippen LogP contribution in [0.3, 0.4) is 0 Å². The molecule has 2 aromatic carbocycles. The van der Waals surface area contributed by atoms with Gasteiger partial charge in [-0.3, -0.25) is 4.79 Å². The minimum absolute atomic E-state index is 0.299. The van der Waals surface area contributed by atoms with Crippen molar-refractivity contribution in [2.45, 2.75) is 19.4 Å². The Balaban J connectivity index is 1.74. The molecule has 1 N–H and O–H groups in total. The van der Waals surface area contributed by atoms with Crippen molar-refractivity contribution in [2.75, 3.05) is 31.1 Å². The van der Waals surface area contributed by atoms with E-state index in [4.69, 9.17) is 11.6 Å². The van der Waals surface area contributed by atoms with Gasteiger partial charge in [0, 0.05) is 28.7 Å². The summed E-state index contributed by atoms with van der Waals surface area (Å²) in [6.45, 7) is 4.59. The lowest BCUT2D eigenvalue weighted by Gasteiger charge is -2.37. The third-order valence-electron chi connectivity index (χ3n) is 5.23. The Morgan fingerprint density at radius 3 is 2.43 bits per heavy atom. The number of carbonyl (C=O) groups is 2. The fourth-order valence-corrected chi connectivity index (χ4v) is 3.88. The van der Waals surface area contributed by atoms with Crippen LogP contribution in [0.4, 0.5) is 10.1 Å². The van der Waals surface area contributed by atoms with Gasteiger partial charge >= 0.3 is 0 Å². The molecule has 0 aromatic heterocycles. The van der Waals surface area contributed by atoms with E-state index in [-0.39, 0.29) is 12.2 Å². The molecule has 1 aliphatic rings. The number of aliphatic carboxylic acids is 1. The molecule has 2 aromatic rings. The number of Topliss-reactive ketones (excluding diaryl/α,β-unsaturated/α-hetero) is 1. The summed E-state index contributed by atoms with van der Waals surface area (Å²) in [6.07, 6.45) is -0.359. The summed E-state index contributed by atoms with van der Waals surface area (Å²) in [7, 11) is 0. The number of hydrogen-bond acceptors (Lipinski definition) is 4. The fourth-order valence-electron chi connectivity index (χ4n) is 3.71. The molecule has 0 unspecified atom stereocenters. The number of anilines is 1. The first-order valence-electron chi connectivity index (χ1n) is 9.20. The number of piperazine rings is 1. The zero-order chi connectivity index (χ0) is 20.3. The number of nitrogens with zero attached hydrogens (tertiary/aromatic N) is 1. The maximum absolute atomic E-state index is 13.1. The van der Waals surface area contributed by atoms with E-state index >= 15 is 0 Å². The number of carboxylic acid groups (broad SMARTS) is 1. The molecule has 0 saturated carbocycles. The van der Waals surface area contributed by atoms with E-state index in [1.807, 2.05) is 25.1 Å². The van der Waals surface area contributed by atoms with E-state index in [0.717, 1.165) is 16.2 Å². The first kappa shape index (κ1) is 20.3. The molecule has 1 atom stereocenters. The van der Waals surface area contributed by atoms with E-state index in [1.54, 1.807) is 0 Å². The predicted octanol–water partition coefficient (Wildman–Crippen LogP) is 0.884. The molecule has 28 heavy (non-hydrogen) atoms. The van der Waals surface area contributed by atoms with Gasteiger partial charge in [-0.25, -0.2) is 4.39 Å². The highest BCUT2D eigenvalue weighted by Crippen LogP contribution is 2.24. The summed E-state index contributed by atoms with van der Waals surface area (Å²) in [6, 6.07) is 10.2. The van der Waals surface area contributed by atoms with Crippen LogP contribution >= 0.6 is 11.6 Å². The van der Waals surface area contributed by atoms with E-state index in [0.29, 0.717) is 36.8 Å². The summed E-state index contributed by atoms with van der Waals surface area (Å²) in [5.74, 6) is -2.00. The van der Waals surface area contributed by atoms with Gasteiger partial charge in [0.15, 0.2) is 6.04 Å². The van der Waals surface area contributed by atoms with Crippen LogP contribution in [0, 0.1) is 12.7 Å². The van der Waals surface area contributed by atoms with Crippen molar-refractivity contribution < 1.29 is 24.0 Å². The second-order valence-electron chi connectivity index (χ2n) is 7.08. The quantitative estimate of drug-likeness (QED) is 0.726. The molecule has 0 aliphatic carbocycles. The SMILES string of the molecule is Cc1ccc(Cl)cc1N1CC[NH+]([C@@H](CC(=O)[O-])C(=O)c2ccc(F)cc2)CC1. The van der Waals surface area contributed by atoms with Gasteiger partial charge in [0.1, 0.15) is 5.82 Å². The summed E-state index contributed by atoms with van der Waals surface area (Å²) >= 11 is 6.12. The number of halogens is 2. The summed E-state index contributed by atoms with van der Waals surface area (Å²) in [5.41, 5.74) is 2.47. The van der Waals surface area contributed by atoms with Gasteiger partial charge in [-0.2, -0.15) is 0 Å². The molecule has 0 amide bonds. The number of ketones is 1. The maximum atomic E-state index is 13.1. The Bertz CT molecular complexity index is 864. The van der Waals surface area contributed by atoms with E-state index in [1.165, 1.54) is 24.3 Å². The van der Waals surface area contributed by atoms with Crippen molar-refractivity contribution in [2.24, 2.45) is 0 Å².